The molecule has 0 saturated heterocycles. The summed E-state index contributed by atoms with van der Waals surface area (Å²) in [6.07, 6.45) is 4.21. The lowest BCUT2D eigenvalue weighted by atomic mass is 10.2. The van der Waals surface area contributed by atoms with Crippen molar-refractivity contribution in [3.05, 3.63) is 64.1 Å². The van der Waals surface area contributed by atoms with Crippen molar-refractivity contribution in [3.8, 4) is 5.75 Å². The van der Waals surface area contributed by atoms with Crippen LogP contribution in [0.1, 0.15) is 41.6 Å². The van der Waals surface area contributed by atoms with E-state index in [1.165, 1.54) is 6.21 Å². The summed E-state index contributed by atoms with van der Waals surface area (Å²) in [5.41, 5.74) is 3.78. The molecule has 0 atom stereocenters. The fourth-order valence-electron chi connectivity index (χ4n) is 2.37. The van der Waals surface area contributed by atoms with E-state index in [4.69, 9.17) is 0 Å². The third-order valence-electron chi connectivity index (χ3n) is 3.76. The Kier molecular flexibility index (Phi) is 8.51. The summed E-state index contributed by atoms with van der Waals surface area (Å²) >= 11 is 3.36. The van der Waals surface area contributed by atoms with Crippen LogP contribution in [-0.4, -0.2) is 29.7 Å². The summed E-state index contributed by atoms with van der Waals surface area (Å²) in [6, 6.07) is 13.9. The molecule has 0 aliphatic heterocycles. The monoisotopic (exact) mass is 431 g/mol. The average Bonchev–Trinajstić information content (AvgIpc) is 2.65. The summed E-state index contributed by atoms with van der Waals surface area (Å²) in [5, 5.41) is 16.1. The lowest BCUT2D eigenvalue weighted by Crippen LogP contribution is -2.24. The highest BCUT2D eigenvalue weighted by Gasteiger charge is 2.08. The first kappa shape index (κ1) is 20.6. The molecule has 6 nitrogen and oxygen atoms in total. The minimum Gasteiger partial charge on any atom is -0.508 e. The second-order valence-electron chi connectivity index (χ2n) is 5.93. The van der Waals surface area contributed by atoms with Gasteiger partial charge in [0, 0.05) is 17.4 Å². The van der Waals surface area contributed by atoms with Crippen molar-refractivity contribution in [2.75, 3.05) is 6.54 Å². The van der Waals surface area contributed by atoms with Crippen LogP contribution < -0.4 is 10.7 Å². The van der Waals surface area contributed by atoms with Gasteiger partial charge in [0.1, 0.15) is 5.75 Å². The van der Waals surface area contributed by atoms with E-state index in [0.29, 0.717) is 24.1 Å². The van der Waals surface area contributed by atoms with Crippen molar-refractivity contribution in [3.63, 3.8) is 0 Å². The first-order chi connectivity index (χ1) is 13.1. The number of aromatic hydroxyl groups is 1. The van der Waals surface area contributed by atoms with Gasteiger partial charge in [-0.2, -0.15) is 5.10 Å². The van der Waals surface area contributed by atoms with E-state index in [2.05, 4.69) is 31.8 Å². The molecule has 2 aromatic rings. The number of phenols is 1. The summed E-state index contributed by atoms with van der Waals surface area (Å²) in [6.45, 7) is 0.567. The third-order valence-corrected chi connectivity index (χ3v) is 4.45. The van der Waals surface area contributed by atoms with E-state index in [1.54, 1.807) is 30.3 Å². The topological polar surface area (TPSA) is 90.8 Å². The van der Waals surface area contributed by atoms with Gasteiger partial charge < -0.3 is 10.4 Å². The Morgan fingerprint density at radius 3 is 2.67 bits per heavy atom. The molecule has 2 rings (SSSR count). The Bertz CT molecular complexity index is 809. The van der Waals surface area contributed by atoms with Crippen LogP contribution in [0.4, 0.5) is 0 Å². The fraction of sp³-hybridized carbons (Fsp3) is 0.250. The van der Waals surface area contributed by atoms with Crippen molar-refractivity contribution >= 4 is 34.0 Å². The molecule has 0 bridgehead atoms. The van der Waals surface area contributed by atoms with Gasteiger partial charge in [-0.3, -0.25) is 9.59 Å². The number of hydrogen-bond acceptors (Lipinski definition) is 4. The third kappa shape index (κ3) is 7.62. The quantitative estimate of drug-likeness (QED) is 0.321. The minimum absolute atomic E-state index is 0.110. The second kappa shape index (κ2) is 11.1. The fourth-order valence-corrected chi connectivity index (χ4v) is 2.83. The van der Waals surface area contributed by atoms with Gasteiger partial charge in [0.15, 0.2) is 0 Å². The number of halogens is 1. The number of rotatable bonds is 9. The highest BCUT2D eigenvalue weighted by Crippen LogP contribution is 2.15. The number of carbonyl (C=O) groups is 2. The molecule has 0 aliphatic rings. The Hall–Kier alpha value is -2.67. The Labute approximate surface area is 166 Å². The molecule has 2 amide bonds. The molecule has 0 unspecified atom stereocenters. The van der Waals surface area contributed by atoms with Gasteiger partial charge >= 0.3 is 0 Å². The number of unbranched alkanes of at least 4 members (excludes halogenated alkanes) is 2. The molecule has 142 valence electrons. The molecule has 3 N–H and O–H groups in total. The Morgan fingerprint density at radius 1 is 1.07 bits per heavy atom. The predicted molar refractivity (Wildman–Crippen MR) is 109 cm³/mol. The smallest absolute Gasteiger partial charge is 0.252 e. The zero-order valence-electron chi connectivity index (χ0n) is 14.8. The molecular weight excluding hydrogens is 410 g/mol. The van der Waals surface area contributed by atoms with Crippen molar-refractivity contribution in [2.24, 2.45) is 5.10 Å². The van der Waals surface area contributed by atoms with Gasteiger partial charge in [0.2, 0.25) is 5.91 Å². The van der Waals surface area contributed by atoms with Crippen LogP contribution in [-0.2, 0) is 4.79 Å². The van der Waals surface area contributed by atoms with Crippen LogP contribution in [0.25, 0.3) is 0 Å². The molecule has 2 aromatic carbocycles. The summed E-state index contributed by atoms with van der Waals surface area (Å²) in [7, 11) is 0. The highest BCUT2D eigenvalue weighted by molar-refractivity contribution is 9.10. The predicted octanol–water partition coefficient (Wildman–Crippen LogP) is 3.60. The van der Waals surface area contributed by atoms with Gasteiger partial charge in [0.05, 0.1) is 11.8 Å². The second-order valence-corrected chi connectivity index (χ2v) is 6.79. The lowest BCUT2D eigenvalue weighted by Gasteiger charge is -2.06. The molecule has 27 heavy (non-hydrogen) atoms. The Morgan fingerprint density at radius 2 is 1.89 bits per heavy atom. The van der Waals surface area contributed by atoms with Gasteiger partial charge in [0.25, 0.3) is 5.91 Å². The number of hydrazone groups is 1. The number of carbonyl (C=O) groups excluding carboxylic acids is 2. The van der Waals surface area contributed by atoms with Crippen molar-refractivity contribution in [1.82, 2.24) is 10.7 Å². The summed E-state index contributed by atoms with van der Waals surface area (Å²) in [5.74, 6) is -0.123. The molecule has 0 spiro atoms. The van der Waals surface area contributed by atoms with Gasteiger partial charge in [-0.1, -0.05) is 30.7 Å². The lowest BCUT2D eigenvalue weighted by molar-refractivity contribution is -0.121. The molecule has 0 radical (unpaired) electrons. The number of amides is 2. The van der Waals surface area contributed by atoms with Crippen LogP contribution in [0, 0.1) is 0 Å². The number of hydrogen-bond donors (Lipinski definition) is 3. The number of nitrogens with zero attached hydrogens (tertiary/aromatic N) is 1. The molecule has 7 heteroatoms. The van der Waals surface area contributed by atoms with Crippen LogP contribution in [0.3, 0.4) is 0 Å². The van der Waals surface area contributed by atoms with Crippen molar-refractivity contribution in [1.29, 1.82) is 0 Å². The zero-order valence-corrected chi connectivity index (χ0v) is 16.4. The van der Waals surface area contributed by atoms with E-state index in [1.807, 2.05) is 18.2 Å². The zero-order chi connectivity index (χ0) is 19.5. The maximum Gasteiger partial charge on any atom is 0.252 e. The van der Waals surface area contributed by atoms with E-state index in [0.717, 1.165) is 23.7 Å². The van der Waals surface area contributed by atoms with Crippen LogP contribution in [0.5, 0.6) is 5.75 Å². The summed E-state index contributed by atoms with van der Waals surface area (Å²) < 4.78 is 0.769. The maximum atomic E-state index is 12.0. The number of nitrogens with one attached hydrogen (secondary N) is 2. The summed E-state index contributed by atoms with van der Waals surface area (Å²) in [4.78, 5) is 23.7. The Balaban J connectivity index is 1.56. The molecule has 0 fully saturated rings. The highest BCUT2D eigenvalue weighted by atomic mass is 79.9. The first-order valence-corrected chi connectivity index (χ1v) is 9.49. The molecule has 0 aliphatic carbocycles. The van der Waals surface area contributed by atoms with Crippen LogP contribution >= 0.6 is 15.9 Å². The van der Waals surface area contributed by atoms with E-state index in [-0.39, 0.29) is 17.6 Å². The van der Waals surface area contributed by atoms with Gasteiger partial charge in [-0.05, 0) is 58.6 Å². The van der Waals surface area contributed by atoms with E-state index < -0.39 is 0 Å². The molecule has 0 heterocycles. The van der Waals surface area contributed by atoms with E-state index >= 15 is 0 Å². The van der Waals surface area contributed by atoms with Gasteiger partial charge in [-0.15, -0.1) is 0 Å². The minimum atomic E-state index is -0.163. The van der Waals surface area contributed by atoms with Crippen LogP contribution in [0.2, 0.25) is 0 Å². The number of phenolic OH excluding ortho intramolecular Hbond substituents is 1. The maximum absolute atomic E-state index is 12.0. The van der Waals surface area contributed by atoms with E-state index in [9.17, 15) is 14.7 Å². The normalized spacial score (nSPS) is 10.7. The molecule has 0 saturated carbocycles. The largest absolute Gasteiger partial charge is 0.508 e. The SMILES string of the molecule is O=C(CCCCCNC(=O)c1ccccc1Br)NN=Cc1cccc(O)c1. The van der Waals surface area contributed by atoms with Gasteiger partial charge in [-0.25, -0.2) is 5.43 Å². The standard InChI is InChI=1S/C20H22BrN3O3/c21-18-10-4-3-9-17(18)20(27)22-12-5-1-2-11-19(26)24-23-14-15-7-6-8-16(25)13-15/h3-4,6-10,13-14,25H,1-2,5,11-12H2,(H,22,27)(H,24,26). The van der Waals surface area contributed by atoms with Crippen molar-refractivity contribution < 1.29 is 14.7 Å². The van der Waals surface area contributed by atoms with Crippen molar-refractivity contribution in [2.45, 2.75) is 25.7 Å². The first-order valence-electron chi connectivity index (χ1n) is 8.70. The average molecular weight is 432 g/mol. The van der Waals surface area contributed by atoms with Crippen LogP contribution in [0.15, 0.2) is 58.1 Å². The molecule has 0 aromatic heterocycles. The number of benzene rings is 2. The molecular formula is C20H22BrN3O3.